The Morgan fingerprint density at radius 2 is 1.89 bits per heavy atom. The topological polar surface area (TPSA) is 58.4 Å². The zero-order chi connectivity index (χ0) is 19.9. The molecule has 0 aliphatic carbocycles. The van der Waals surface area contributed by atoms with E-state index in [0.29, 0.717) is 42.1 Å². The molecule has 2 aromatic carbocycles. The molecule has 7 heteroatoms. The van der Waals surface area contributed by atoms with Gasteiger partial charge in [0.05, 0.1) is 6.54 Å². The van der Waals surface area contributed by atoms with Crippen molar-refractivity contribution in [3.8, 4) is 0 Å². The van der Waals surface area contributed by atoms with Crippen molar-refractivity contribution in [2.45, 2.75) is 26.6 Å². The molecule has 1 aromatic heterocycles. The number of halogens is 2. The average Bonchev–Trinajstić information content (AvgIpc) is 3.14. The molecule has 0 atom stereocenters. The maximum Gasteiger partial charge on any atom is 0.273 e. The first-order chi connectivity index (χ1) is 13.5. The molecule has 146 valence electrons. The van der Waals surface area contributed by atoms with Crippen molar-refractivity contribution in [1.29, 1.82) is 0 Å². The Bertz CT molecular complexity index is 928. The summed E-state index contributed by atoms with van der Waals surface area (Å²) in [6.07, 6.45) is 1.39. The zero-order valence-electron chi connectivity index (χ0n) is 15.5. The van der Waals surface area contributed by atoms with E-state index in [9.17, 15) is 4.79 Å². The number of oxazole rings is 1. The van der Waals surface area contributed by atoms with E-state index in [1.165, 1.54) is 6.26 Å². The van der Waals surface area contributed by atoms with E-state index >= 15 is 0 Å². The van der Waals surface area contributed by atoms with E-state index in [0.717, 1.165) is 11.1 Å². The highest BCUT2D eigenvalue weighted by atomic mass is 35.5. The van der Waals surface area contributed by atoms with Crippen molar-refractivity contribution in [2.24, 2.45) is 0 Å². The summed E-state index contributed by atoms with van der Waals surface area (Å²) in [6.45, 7) is 4.10. The van der Waals surface area contributed by atoms with E-state index in [4.69, 9.17) is 27.6 Å². The maximum absolute atomic E-state index is 11.9. The van der Waals surface area contributed by atoms with Gasteiger partial charge in [0.15, 0.2) is 5.69 Å². The van der Waals surface area contributed by atoms with Crippen molar-refractivity contribution >= 4 is 29.1 Å². The molecule has 0 saturated carbocycles. The SMILES string of the molecule is CCNC(=O)c1coc(CN(Cc2ccccc2)Cc2ccc(Cl)cc2Cl)n1. The van der Waals surface area contributed by atoms with Crippen molar-refractivity contribution in [1.82, 2.24) is 15.2 Å². The van der Waals surface area contributed by atoms with Crippen LogP contribution in [0, 0.1) is 0 Å². The second-order valence-corrected chi connectivity index (χ2v) is 7.20. The number of carbonyl (C=O) groups excluding carboxylic acids is 1. The molecule has 1 amide bonds. The van der Waals surface area contributed by atoms with Crippen LogP contribution in [-0.4, -0.2) is 22.3 Å². The molecule has 0 aliphatic rings. The first-order valence-electron chi connectivity index (χ1n) is 8.98. The van der Waals surface area contributed by atoms with E-state index in [-0.39, 0.29) is 11.6 Å². The normalized spacial score (nSPS) is 11.0. The van der Waals surface area contributed by atoms with Crippen molar-refractivity contribution in [3.63, 3.8) is 0 Å². The molecule has 1 N–H and O–H groups in total. The summed E-state index contributed by atoms with van der Waals surface area (Å²) in [5.41, 5.74) is 2.39. The van der Waals surface area contributed by atoms with Crippen LogP contribution in [0.25, 0.3) is 0 Å². The van der Waals surface area contributed by atoms with E-state index < -0.39 is 0 Å². The third-order valence-corrected chi connectivity index (χ3v) is 4.73. The highest BCUT2D eigenvalue weighted by Gasteiger charge is 2.16. The van der Waals surface area contributed by atoms with Crippen LogP contribution in [0.2, 0.25) is 10.0 Å². The molecular formula is C21H21Cl2N3O2. The van der Waals surface area contributed by atoms with Crippen LogP contribution < -0.4 is 5.32 Å². The van der Waals surface area contributed by atoms with Crippen LogP contribution in [0.5, 0.6) is 0 Å². The zero-order valence-corrected chi connectivity index (χ0v) is 17.0. The van der Waals surface area contributed by atoms with Crippen molar-refractivity contribution in [2.75, 3.05) is 6.54 Å². The van der Waals surface area contributed by atoms with Crippen LogP contribution >= 0.6 is 23.2 Å². The molecule has 0 unspecified atom stereocenters. The lowest BCUT2D eigenvalue weighted by Gasteiger charge is -2.21. The molecule has 3 rings (SSSR count). The van der Waals surface area contributed by atoms with Gasteiger partial charge >= 0.3 is 0 Å². The predicted molar refractivity (Wildman–Crippen MR) is 110 cm³/mol. The highest BCUT2D eigenvalue weighted by molar-refractivity contribution is 6.35. The van der Waals surface area contributed by atoms with E-state index in [1.807, 2.05) is 37.3 Å². The fraction of sp³-hybridized carbons (Fsp3) is 0.238. The van der Waals surface area contributed by atoms with Gasteiger partial charge in [-0.3, -0.25) is 9.69 Å². The molecule has 0 radical (unpaired) electrons. The lowest BCUT2D eigenvalue weighted by molar-refractivity contribution is 0.0950. The number of hydrogen-bond acceptors (Lipinski definition) is 4. The smallest absolute Gasteiger partial charge is 0.273 e. The Morgan fingerprint density at radius 3 is 2.61 bits per heavy atom. The Kier molecular flexibility index (Phi) is 7.09. The number of hydrogen-bond donors (Lipinski definition) is 1. The molecular weight excluding hydrogens is 397 g/mol. The Morgan fingerprint density at radius 1 is 1.11 bits per heavy atom. The number of nitrogens with one attached hydrogen (secondary N) is 1. The Hall–Kier alpha value is -2.34. The minimum Gasteiger partial charge on any atom is -0.447 e. The third kappa shape index (κ3) is 5.58. The quantitative estimate of drug-likeness (QED) is 0.564. The lowest BCUT2D eigenvalue weighted by Crippen LogP contribution is -2.24. The summed E-state index contributed by atoms with van der Waals surface area (Å²) in [5, 5.41) is 3.93. The summed E-state index contributed by atoms with van der Waals surface area (Å²) in [6, 6.07) is 15.6. The van der Waals surface area contributed by atoms with Crippen molar-refractivity contribution in [3.05, 3.63) is 87.6 Å². The molecule has 0 saturated heterocycles. The van der Waals surface area contributed by atoms with Crippen LogP contribution in [0.1, 0.15) is 34.4 Å². The first kappa shape index (κ1) is 20.4. The summed E-state index contributed by atoms with van der Waals surface area (Å²) in [7, 11) is 0. The highest BCUT2D eigenvalue weighted by Crippen LogP contribution is 2.24. The van der Waals surface area contributed by atoms with Gasteiger partial charge in [-0.15, -0.1) is 0 Å². The molecule has 1 heterocycles. The van der Waals surface area contributed by atoms with Gasteiger partial charge in [0.25, 0.3) is 5.91 Å². The largest absolute Gasteiger partial charge is 0.447 e. The number of nitrogens with zero attached hydrogens (tertiary/aromatic N) is 2. The molecule has 5 nitrogen and oxygen atoms in total. The molecule has 0 spiro atoms. The fourth-order valence-electron chi connectivity index (χ4n) is 2.83. The number of amides is 1. The lowest BCUT2D eigenvalue weighted by atomic mass is 10.1. The monoisotopic (exact) mass is 417 g/mol. The summed E-state index contributed by atoms with van der Waals surface area (Å²) >= 11 is 12.4. The van der Waals surface area contributed by atoms with Crippen LogP contribution in [0.3, 0.4) is 0 Å². The predicted octanol–water partition coefficient (Wildman–Crippen LogP) is 4.93. The number of aromatic nitrogens is 1. The molecule has 3 aromatic rings. The van der Waals surface area contributed by atoms with Gasteiger partial charge in [-0.05, 0) is 30.2 Å². The van der Waals surface area contributed by atoms with E-state index in [1.54, 1.807) is 6.07 Å². The maximum atomic E-state index is 11.9. The molecule has 0 bridgehead atoms. The van der Waals surface area contributed by atoms with Gasteiger partial charge in [-0.25, -0.2) is 4.98 Å². The summed E-state index contributed by atoms with van der Waals surface area (Å²) < 4.78 is 5.52. The average molecular weight is 418 g/mol. The van der Waals surface area contributed by atoms with Crippen molar-refractivity contribution < 1.29 is 9.21 Å². The number of benzene rings is 2. The first-order valence-corrected chi connectivity index (χ1v) is 9.73. The standard InChI is InChI=1S/C21H21Cl2N3O2/c1-2-24-21(27)19-14-28-20(25-19)13-26(11-15-6-4-3-5-7-15)12-16-8-9-17(22)10-18(16)23/h3-10,14H,2,11-13H2,1H3,(H,24,27). The molecule has 0 fully saturated rings. The van der Waals surface area contributed by atoms with Gasteiger partial charge in [-0.1, -0.05) is 59.6 Å². The summed E-state index contributed by atoms with van der Waals surface area (Å²) in [4.78, 5) is 18.4. The minimum atomic E-state index is -0.243. The van der Waals surface area contributed by atoms with Gasteiger partial charge in [0, 0.05) is 29.7 Å². The van der Waals surface area contributed by atoms with E-state index in [2.05, 4.69) is 27.3 Å². The summed E-state index contributed by atoms with van der Waals surface area (Å²) in [5.74, 6) is 0.232. The van der Waals surface area contributed by atoms with Crippen LogP contribution in [0.15, 0.2) is 59.2 Å². The minimum absolute atomic E-state index is 0.243. The van der Waals surface area contributed by atoms with Gasteiger partial charge in [0.1, 0.15) is 6.26 Å². The van der Waals surface area contributed by atoms with Gasteiger partial charge < -0.3 is 9.73 Å². The molecule has 0 aliphatic heterocycles. The van der Waals surface area contributed by atoms with Gasteiger partial charge in [-0.2, -0.15) is 0 Å². The van der Waals surface area contributed by atoms with Crippen LogP contribution in [0.4, 0.5) is 0 Å². The number of carbonyl (C=O) groups is 1. The Labute approximate surface area is 174 Å². The fourth-order valence-corrected chi connectivity index (χ4v) is 3.30. The van der Waals surface area contributed by atoms with Gasteiger partial charge in [0.2, 0.25) is 5.89 Å². The molecule has 28 heavy (non-hydrogen) atoms. The third-order valence-electron chi connectivity index (χ3n) is 4.14. The number of rotatable bonds is 8. The second-order valence-electron chi connectivity index (χ2n) is 6.35. The Balaban J connectivity index is 1.78. The second kappa shape index (κ2) is 9.73. The van der Waals surface area contributed by atoms with Crippen LogP contribution in [-0.2, 0) is 19.6 Å².